The van der Waals surface area contributed by atoms with Crippen molar-refractivity contribution in [1.29, 1.82) is 0 Å². The largest absolute Gasteiger partial charge is 0.416 e. The van der Waals surface area contributed by atoms with Crippen LogP contribution < -0.4 is 5.73 Å². The Balaban J connectivity index is 1.86. The molecule has 1 saturated carbocycles. The van der Waals surface area contributed by atoms with E-state index in [2.05, 4.69) is 16.9 Å². The number of nitrogens with zero attached hydrogens (tertiary/aromatic N) is 3. The van der Waals surface area contributed by atoms with Gasteiger partial charge in [0.05, 0.1) is 16.6 Å². The van der Waals surface area contributed by atoms with Crippen LogP contribution in [0.25, 0.3) is 11.0 Å². The Labute approximate surface area is 120 Å². The van der Waals surface area contributed by atoms with E-state index in [0.29, 0.717) is 18.1 Å². The van der Waals surface area contributed by atoms with Gasteiger partial charge < -0.3 is 15.2 Å². The normalized spacial score (nSPS) is 16.0. The molecule has 4 nitrogen and oxygen atoms in total. The Hall–Kier alpha value is -1.76. The smallest absolute Gasteiger partial charge is 0.369 e. The maximum atomic E-state index is 12.7. The molecule has 1 aliphatic carbocycles. The van der Waals surface area contributed by atoms with Gasteiger partial charge in [0.25, 0.3) is 0 Å². The summed E-state index contributed by atoms with van der Waals surface area (Å²) < 4.78 is 39.9. The van der Waals surface area contributed by atoms with E-state index >= 15 is 0 Å². The van der Waals surface area contributed by atoms with Gasteiger partial charge in [-0.1, -0.05) is 0 Å². The van der Waals surface area contributed by atoms with Crippen LogP contribution in [-0.4, -0.2) is 34.1 Å². The van der Waals surface area contributed by atoms with Gasteiger partial charge in [0.2, 0.25) is 5.95 Å². The zero-order valence-corrected chi connectivity index (χ0v) is 11.7. The van der Waals surface area contributed by atoms with Gasteiger partial charge in [-0.15, -0.1) is 0 Å². The summed E-state index contributed by atoms with van der Waals surface area (Å²) in [6, 6.07) is 4.20. The highest BCUT2D eigenvalue weighted by atomic mass is 19.4. The van der Waals surface area contributed by atoms with Crippen molar-refractivity contribution >= 4 is 17.0 Å². The molecule has 3 rings (SSSR count). The van der Waals surface area contributed by atoms with E-state index < -0.39 is 11.7 Å². The number of anilines is 1. The van der Waals surface area contributed by atoms with Crippen molar-refractivity contribution in [3.63, 3.8) is 0 Å². The topological polar surface area (TPSA) is 47.1 Å². The van der Waals surface area contributed by atoms with E-state index in [1.807, 2.05) is 0 Å². The van der Waals surface area contributed by atoms with Gasteiger partial charge >= 0.3 is 6.18 Å². The number of likely N-dealkylation sites (N-methyl/N-ethyl adjacent to an activating group) is 1. The molecule has 0 unspecified atom stereocenters. The molecule has 0 saturated heterocycles. The van der Waals surface area contributed by atoms with E-state index in [9.17, 15) is 13.2 Å². The maximum absolute atomic E-state index is 12.7. The third-order valence-corrected chi connectivity index (χ3v) is 3.95. The molecule has 0 aliphatic heterocycles. The first kappa shape index (κ1) is 14.2. The summed E-state index contributed by atoms with van der Waals surface area (Å²) in [7, 11) is 2.05. The second kappa shape index (κ2) is 4.91. The molecule has 0 spiro atoms. The van der Waals surface area contributed by atoms with Crippen LogP contribution in [0.15, 0.2) is 18.2 Å². The lowest BCUT2D eigenvalue weighted by atomic mass is 10.2. The zero-order chi connectivity index (χ0) is 15.2. The lowest BCUT2D eigenvalue weighted by molar-refractivity contribution is -0.137. The van der Waals surface area contributed by atoms with Crippen LogP contribution in [0.5, 0.6) is 0 Å². The van der Waals surface area contributed by atoms with Crippen molar-refractivity contribution in [2.45, 2.75) is 31.6 Å². The molecule has 114 valence electrons. The van der Waals surface area contributed by atoms with Gasteiger partial charge in [-0.3, -0.25) is 0 Å². The van der Waals surface area contributed by atoms with Crippen LogP contribution in [-0.2, 0) is 12.7 Å². The molecule has 7 heteroatoms. The lowest BCUT2D eigenvalue weighted by Gasteiger charge is -2.16. The summed E-state index contributed by atoms with van der Waals surface area (Å²) in [5.41, 5.74) is 6.07. The van der Waals surface area contributed by atoms with Crippen molar-refractivity contribution in [1.82, 2.24) is 14.5 Å². The van der Waals surface area contributed by atoms with Crippen molar-refractivity contribution < 1.29 is 13.2 Å². The number of alkyl halides is 3. The molecule has 0 bridgehead atoms. The second-order valence-corrected chi connectivity index (χ2v) is 5.53. The highest BCUT2D eigenvalue weighted by Crippen LogP contribution is 2.32. The minimum atomic E-state index is -4.36. The predicted octanol–water partition coefficient (Wildman–Crippen LogP) is 2.73. The highest BCUT2D eigenvalue weighted by molar-refractivity contribution is 5.79. The average molecular weight is 298 g/mol. The summed E-state index contributed by atoms with van der Waals surface area (Å²) in [5.74, 6) is 0.258. The van der Waals surface area contributed by atoms with Crippen LogP contribution >= 0.6 is 0 Å². The van der Waals surface area contributed by atoms with Crippen molar-refractivity contribution in [3.8, 4) is 0 Å². The first-order chi connectivity index (χ1) is 9.86. The molecular formula is C14H17F3N4. The minimum absolute atomic E-state index is 0.258. The number of imidazole rings is 1. The Morgan fingerprint density at radius 3 is 2.71 bits per heavy atom. The Morgan fingerprint density at radius 2 is 2.10 bits per heavy atom. The van der Waals surface area contributed by atoms with Gasteiger partial charge in [0, 0.05) is 19.1 Å². The fraction of sp³-hybridized carbons (Fsp3) is 0.500. The average Bonchev–Trinajstić information content (AvgIpc) is 3.19. The Kier molecular flexibility index (Phi) is 3.32. The number of benzene rings is 1. The zero-order valence-electron chi connectivity index (χ0n) is 11.7. The van der Waals surface area contributed by atoms with Crippen LogP contribution in [0, 0.1) is 0 Å². The van der Waals surface area contributed by atoms with E-state index in [4.69, 9.17) is 5.73 Å². The molecular weight excluding hydrogens is 281 g/mol. The van der Waals surface area contributed by atoms with E-state index in [-0.39, 0.29) is 11.5 Å². The number of hydrogen-bond donors (Lipinski definition) is 1. The summed E-state index contributed by atoms with van der Waals surface area (Å²) in [5, 5.41) is 0. The van der Waals surface area contributed by atoms with Gasteiger partial charge in [-0.2, -0.15) is 13.2 Å². The van der Waals surface area contributed by atoms with E-state index in [1.54, 1.807) is 4.57 Å². The number of halogens is 3. The van der Waals surface area contributed by atoms with Gasteiger partial charge in [0.1, 0.15) is 0 Å². The predicted molar refractivity (Wildman–Crippen MR) is 74.8 cm³/mol. The number of hydrogen-bond acceptors (Lipinski definition) is 3. The number of aromatic nitrogens is 2. The number of nitrogen functional groups attached to an aromatic ring is 1. The molecule has 0 atom stereocenters. The van der Waals surface area contributed by atoms with Crippen molar-refractivity contribution in [2.24, 2.45) is 0 Å². The first-order valence-electron chi connectivity index (χ1n) is 6.89. The number of nitrogens with two attached hydrogens (primary N) is 1. The fourth-order valence-corrected chi connectivity index (χ4v) is 2.52. The molecule has 1 fully saturated rings. The Bertz CT molecular complexity index is 658. The molecule has 21 heavy (non-hydrogen) atoms. The molecule has 0 radical (unpaired) electrons. The number of rotatable bonds is 4. The first-order valence-corrected chi connectivity index (χ1v) is 6.89. The van der Waals surface area contributed by atoms with Crippen molar-refractivity contribution in [2.75, 3.05) is 19.3 Å². The van der Waals surface area contributed by atoms with E-state index in [0.717, 1.165) is 18.7 Å². The van der Waals surface area contributed by atoms with E-state index in [1.165, 1.54) is 18.9 Å². The van der Waals surface area contributed by atoms with Crippen LogP contribution in [0.3, 0.4) is 0 Å². The molecule has 0 amide bonds. The molecule has 2 aromatic rings. The minimum Gasteiger partial charge on any atom is -0.369 e. The second-order valence-electron chi connectivity index (χ2n) is 5.53. The summed E-state index contributed by atoms with van der Waals surface area (Å²) in [6.07, 6.45) is -1.93. The van der Waals surface area contributed by atoms with Crippen LogP contribution in [0.4, 0.5) is 19.1 Å². The van der Waals surface area contributed by atoms with Gasteiger partial charge in [0.15, 0.2) is 0 Å². The van der Waals surface area contributed by atoms with Gasteiger partial charge in [-0.25, -0.2) is 4.98 Å². The Morgan fingerprint density at radius 1 is 1.38 bits per heavy atom. The molecule has 1 aliphatic rings. The molecule has 2 N–H and O–H groups in total. The number of fused-ring (bicyclic) bond motifs is 1. The summed E-state index contributed by atoms with van der Waals surface area (Å²) in [6.45, 7) is 1.43. The highest BCUT2D eigenvalue weighted by Gasteiger charge is 2.31. The lowest BCUT2D eigenvalue weighted by Crippen LogP contribution is -2.25. The van der Waals surface area contributed by atoms with Crippen LogP contribution in [0.1, 0.15) is 18.4 Å². The van der Waals surface area contributed by atoms with Crippen LogP contribution in [0.2, 0.25) is 0 Å². The SMILES string of the molecule is CN(CCn1c(N)nc2cc(C(F)(F)F)ccc21)C1CC1. The molecule has 1 heterocycles. The molecule has 1 aromatic carbocycles. The molecule has 1 aromatic heterocycles. The maximum Gasteiger partial charge on any atom is 0.416 e. The monoisotopic (exact) mass is 298 g/mol. The fourth-order valence-electron chi connectivity index (χ4n) is 2.52. The summed E-state index contributed by atoms with van der Waals surface area (Å²) >= 11 is 0. The third kappa shape index (κ3) is 2.83. The quantitative estimate of drug-likeness (QED) is 0.944. The summed E-state index contributed by atoms with van der Waals surface area (Å²) in [4.78, 5) is 6.29. The third-order valence-electron chi connectivity index (χ3n) is 3.95. The van der Waals surface area contributed by atoms with Gasteiger partial charge in [-0.05, 0) is 38.1 Å². The van der Waals surface area contributed by atoms with Crippen molar-refractivity contribution in [3.05, 3.63) is 23.8 Å². The standard InChI is InChI=1S/C14H17F3N4/c1-20(10-3-4-10)6-7-21-12-5-2-9(14(15,16)17)8-11(12)19-13(21)18/h2,5,8,10H,3-4,6-7H2,1H3,(H2,18,19).